The molecular formula is C34H53N5O5. The normalized spacial score (nSPS) is 14.3. The summed E-state index contributed by atoms with van der Waals surface area (Å²) >= 11 is 0. The third-order valence-electron chi connectivity index (χ3n) is 7.00. The fourth-order valence-corrected chi connectivity index (χ4v) is 4.69. The third kappa shape index (κ3) is 13.8. The first-order valence-corrected chi connectivity index (χ1v) is 15.4. The average Bonchev–Trinajstić information content (AvgIpc) is 2.94. The predicted molar refractivity (Wildman–Crippen MR) is 174 cm³/mol. The Morgan fingerprint density at radius 3 is 1.75 bits per heavy atom. The van der Waals surface area contributed by atoms with Crippen molar-refractivity contribution in [2.75, 3.05) is 34.2 Å². The Morgan fingerprint density at radius 2 is 1.30 bits per heavy atom. The van der Waals surface area contributed by atoms with E-state index in [2.05, 4.69) is 16.0 Å². The van der Waals surface area contributed by atoms with Gasteiger partial charge < -0.3 is 35.6 Å². The minimum absolute atomic E-state index is 0.121. The van der Waals surface area contributed by atoms with Gasteiger partial charge in [0.05, 0.1) is 18.2 Å². The summed E-state index contributed by atoms with van der Waals surface area (Å²) in [4.78, 5) is 43.3. The van der Waals surface area contributed by atoms with Crippen LogP contribution in [0, 0.1) is 5.92 Å². The number of likely N-dealkylation sites (N-methyl/N-ethyl adjacent to an activating group) is 2. The van der Waals surface area contributed by atoms with Crippen molar-refractivity contribution < 1.29 is 24.2 Å². The predicted octanol–water partition coefficient (Wildman–Crippen LogP) is 3.83. The minimum atomic E-state index is -1.19. The molecule has 3 unspecified atom stereocenters. The maximum Gasteiger partial charge on any atom is 0.407 e. The largest absolute Gasteiger partial charge is 0.444 e. The summed E-state index contributed by atoms with van der Waals surface area (Å²) in [7, 11) is 5.56. The van der Waals surface area contributed by atoms with Crippen LogP contribution in [-0.2, 0) is 22.4 Å². The summed E-state index contributed by atoms with van der Waals surface area (Å²) < 4.78 is 5.51. The van der Waals surface area contributed by atoms with E-state index in [1.807, 2.05) is 93.5 Å². The van der Waals surface area contributed by atoms with Crippen LogP contribution in [0.15, 0.2) is 60.7 Å². The van der Waals surface area contributed by atoms with E-state index >= 15 is 0 Å². The summed E-state index contributed by atoms with van der Waals surface area (Å²) in [6, 6.07) is 16.3. The highest BCUT2D eigenvalue weighted by atomic mass is 16.6. The number of aliphatic hydroxyl groups is 1. The quantitative estimate of drug-likeness (QED) is 0.243. The van der Waals surface area contributed by atoms with Crippen LogP contribution in [-0.4, -0.2) is 97.0 Å². The Balaban J connectivity index is 2.36. The first-order chi connectivity index (χ1) is 20.6. The SMILES string of the molecule is CC(C)C[C@H](NC(=O)N(C)CCN(C)C)C(=O)NC(Cc1ccccc1)C(O)C(Cc1ccccc1)NC(=O)OC(C)(C)C. The Labute approximate surface area is 263 Å². The number of alkyl carbamates (subject to hydrolysis) is 1. The van der Waals surface area contributed by atoms with Gasteiger partial charge in [-0.25, -0.2) is 9.59 Å². The molecule has 0 saturated heterocycles. The average molecular weight is 612 g/mol. The molecule has 0 aromatic heterocycles. The van der Waals surface area contributed by atoms with Gasteiger partial charge in [-0.05, 0) is 71.2 Å². The van der Waals surface area contributed by atoms with Crippen molar-refractivity contribution >= 4 is 18.0 Å². The first kappa shape index (κ1) is 36.6. The number of urea groups is 1. The molecule has 44 heavy (non-hydrogen) atoms. The Hall–Kier alpha value is -3.63. The number of aliphatic hydroxyl groups excluding tert-OH is 1. The van der Waals surface area contributed by atoms with Crippen LogP contribution < -0.4 is 16.0 Å². The molecule has 0 aliphatic heterocycles. The molecule has 2 aromatic carbocycles. The molecule has 4 N–H and O–H groups in total. The van der Waals surface area contributed by atoms with Crippen LogP contribution in [0.2, 0.25) is 0 Å². The lowest BCUT2D eigenvalue weighted by Crippen LogP contribution is -2.59. The number of carbonyl (C=O) groups excluding carboxylic acids is 3. The van der Waals surface area contributed by atoms with Gasteiger partial charge in [0.15, 0.2) is 0 Å². The number of nitrogens with one attached hydrogen (secondary N) is 3. The van der Waals surface area contributed by atoms with Crippen molar-refractivity contribution in [1.82, 2.24) is 25.8 Å². The van der Waals surface area contributed by atoms with Crippen molar-refractivity contribution in [2.45, 2.75) is 83.7 Å². The highest BCUT2D eigenvalue weighted by Crippen LogP contribution is 2.16. The van der Waals surface area contributed by atoms with Crippen LogP contribution >= 0.6 is 0 Å². The van der Waals surface area contributed by atoms with Crippen LogP contribution in [0.25, 0.3) is 0 Å². The number of hydrogen-bond acceptors (Lipinski definition) is 6. The van der Waals surface area contributed by atoms with Gasteiger partial charge in [0.25, 0.3) is 0 Å². The molecule has 4 amide bonds. The summed E-state index contributed by atoms with van der Waals surface area (Å²) in [5.41, 5.74) is 1.08. The molecule has 0 spiro atoms. The molecule has 4 atom stereocenters. The van der Waals surface area contributed by atoms with E-state index in [0.717, 1.165) is 11.1 Å². The second kappa shape index (κ2) is 17.6. The number of hydrogen-bond donors (Lipinski definition) is 4. The van der Waals surface area contributed by atoms with Crippen molar-refractivity contribution in [3.05, 3.63) is 71.8 Å². The van der Waals surface area contributed by atoms with E-state index < -0.39 is 41.8 Å². The van der Waals surface area contributed by atoms with Gasteiger partial charge in [0.2, 0.25) is 5.91 Å². The van der Waals surface area contributed by atoms with Gasteiger partial charge in [-0.15, -0.1) is 0 Å². The molecule has 0 bridgehead atoms. The Bertz CT molecular complexity index is 1150. The Kier molecular flexibility index (Phi) is 14.6. The lowest BCUT2D eigenvalue weighted by Gasteiger charge is -2.33. The van der Waals surface area contributed by atoms with Crippen LogP contribution in [0.5, 0.6) is 0 Å². The van der Waals surface area contributed by atoms with Gasteiger partial charge in [0, 0.05) is 20.1 Å². The third-order valence-corrected chi connectivity index (χ3v) is 7.00. The van der Waals surface area contributed by atoms with Crippen molar-refractivity contribution in [2.24, 2.45) is 5.92 Å². The van der Waals surface area contributed by atoms with Gasteiger partial charge in [-0.1, -0.05) is 74.5 Å². The molecule has 10 nitrogen and oxygen atoms in total. The number of rotatable bonds is 15. The van der Waals surface area contributed by atoms with Crippen molar-refractivity contribution in [1.29, 1.82) is 0 Å². The van der Waals surface area contributed by atoms with Gasteiger partial charge in [0.1, 0.15) is 11.6 Å². The highest BCUT2D eigenvalue weighted by molar-refractivity contribution is 5.87. The van der Waals surface area contributed by atoms with Crippen LogP contribution in [0.3, 0.4) is 0 Å². The number of carbonyl (C=O) groups is 3. The van der Waals surface area contributed by atoms with Gasteiger partial charge >= 0.3 is 12.1 Å². The summed E-state index contributed by atoms with van der Waals surface area (Å²) in [6.45, 7) is 10.5. The molecule has 0 saturated carbocycles. The molecule has 244 valence electrons. The zero-order chi connectivity index (χ0) is 32.9. The zero-order valence-corrected chi connectivity index (χ0v) is 27.7. The smallest absolute Gasteiger partial charge is 0.407 e. The highest BCUT2D eigenvalue weighted by Gasteiger charge is 2.34. The fourth-order valence-electron chi connectivity index (χ4n) is 4.69. The zero-order valence-electron chi connectivity index (χ0n) is 27.7. The number of benzene rings is 2. The summed E-state index contributed by atoms with van der Waals surface area (Å²) in [6.07, 6.45) is -0.819. The molecule has 0 heterocycles. The number of amides is 4. The second-order valence-corrected chi connectivity index (χ2v) is 13.1. The van der Waals surface area contributed by atoms with Crippen LogP contribution in [0.1, 0.15) is 52.2 Å². The maximum absolute atomic E-state index is 13.8. The van der Waals surface area contributed by atoms with Gasteiger partial charge in [-0.3, -0.25) is 4.79 Å². The standard InChI is InChI=1S/C34H53N5O5/c1-24(2)21-29(36-32(42)39(8)20-19-38(6)7)31(41)35-27(22-25-15-11-9-12-16-25)30(40)28(23-26-17-13-10-14-18-26)37-33(43)44-34(3,4)5/h9-18,24,27-30,40H,19-23H2,1-8H3,(H,35,41)(H,36,42)(H,37,43)/t27?,28?,29-,30?/m0/s1. The lowest BCUT2D eigenvalue weighted by molar-refractivity contribution is -0.125. The first-order valence-electron chi connectivity index (χ1n) is 15.4. The van der Waals surface area contributed by atoms with E-state index in [1.54, 1.807) is 32.7 Å². The van der Waals surface area contributed by atoms with Crippen molar-refractivity contribution in [3.63, 3.8) is 0 Å². The maximum atomic E-state index is 13.8. The molecular weight excluding hydrogens is 558 g/mol. The molecule has 2 aromatic rings. The second-order valence-electron chi connectivity index (χ2n) is 13.1. The minimum Gasteiger partial charge on any atom is -0.444 e. The lowest BCUT2D eigenvalue weighted by atomic mass is 9.92. The summed E-state index contributed by atoms with van der Waals surface area (Å²) in [5, 5.41) is 20.6. The van der Waals surface area contributed by atoms with E-state index in [4.69, 9.17) is 4.74 Å². The monoisotopic (exact) mass is 611 g/mol. The Morgan fingerprint density at radius 1 is 0.795 bits per heavy atom. The molecule has 0 radical (unpaired) electrons. The summed E-state index contributed by atoms with van der Waals surface area (Å²) in [5.74, 6) is -0.279. The van der Waals surface area contributed by atoms with E-state index in [1.165, 1.54) is 0 Å². The fraction of sp³-hybridized carbons (Fsp3) is 0.559. The molecule has 2 rings (SSSR count). The van der Waals surface area contributed by atoms with Crippen LogP contribution in [0.4, 0.5) is 9.59 Å². The van der Waals surface area contributed by atoms with Gasteiger partial charge in [-0.2, -0.15) is 0 Å². The van der Waals surface area contributed by atoms with E-state index in [0.29, 0.717) is 32.4 Å². The molecule has 0 fully saturated rings. The number of nitrogens with zero attached hydrogens (tertiary/aromatic N) is 2. The molecule has 0 aliphatic rings. The molecule has 10 heteroatoms. The van der Waals surface area contributed by atoms with E-state index in [9.17, 15) is 19.5 Å². The molecule has 0 aliphatic carbocycles. The number of ether oxygens (including phenoxy) is 1. The topological polar surface area (TPSA) is 123 Å². The van der Waals surface area contributed by atoms with Crippen molar-refractivity contribution in [3.8, 4) is 0 Å². The van der Waals surface area contributed by atoms with E-state index in [-0.39, 0.29) is 11.9 Å².